The molecule has 0 bridgehead atoms. The number of ether oxygens (including phenoxy) is 2. The van der Waals surface area contributed by atoms with E-state index >= 15 is 0 Å². The number of aliphatic carboxylic acids is 1. The van der Waals surface area contributed by atoms with Crippen LogP contribution in [0.25, 0.3) is 0 Å². The fourth-order valence-electron chi connectivity index (χ4n) is 2.16. The lowest BCUT2D eigenvalue weighted by Gasteiger charge is -2.11. The molecule has 142 valence electrons. The highest BCUT2D eigenvalue weighted by atomic mass is 35.5. The third-order valence-corrected chi connectivity index (χ3v) is 3.68. The van der Waals surface area contributed by atoms with Crippen LogP contribution in [0.4, 0.5) is 0 Å². The smallest absolute Gasteiger partial charge is 0.341 e. The van der Waals surface area contributed by atoms with Crippen molar-refractivity contribution in [1.29, 1.82) is 0 Å². The van der Waals surface area contributed by atoms with Crippen molar-refractivity contribution in [2.75, 3.05) is 13.2 Å². The number of carboxylic acid groups (broad SMARTS) is 1. The Kier molecular flexibility index (Phi) is 7.19. The minimum Gasteiger partial charge on any atom is -0.490 e. The first kappa shape index (κ1) is 20.3. The van der Waals surface area contributed by atoms with Crippen LogP contribution < -0.4 is 14.9 Å². The van der Waals surface area contributed by atoms with E-state index in [4.69, 9.17) is 26.2 Å². The van der Waals surface area contributed by atoms with Gasteiger partial charge >= 0.3 is 5.97 Å². The molecule has 2 rings (SSSR count). The number of benzene rings is 2. The number of amides is 1. The molecule has 0 aliphatic carbocycles. The molecule has 2 aromatic carbocycles. The third kappa shape index (κ3) is 6.00. The van der Waals surface area contributed by atoms with E-state index < -0.39 is 18.5 Å². The van der Waals surface area contributed by atoms with E-state index in [1.165, 1.54) is 6.21 Å². The Bertz CT molecular complexity index is 867. The fourth-order valence-corrected chi connectivity index (χ4v) is 2.48. The molecule has 2 aromatic rings. The van der Waals surface area contributed by atoms with Crippen molar-refractivity contribution in [2.45, 2.75) is 13.8 Å². The second-order valence-electron chi connectivity index (χ2n) is 5.50. The number of halogens is 1. The summed E-state index contributed by atoms with van der Waals surface area (Å²) >= 11 is 6.06. The lowest BCUT2D eigenvalue weighted by molar-refractivity contribution is -0.139. The van der Waals surface area contributed by atoms with Gasteiger partial charge in [0.25, 0.3) is 5.91 Å². The lowest BCUT2D eigenvalue weighted by atomic mass is 10.1. The summed E-state index contributed by atoms with van der Waals surface area (Å²) in [6.07, 6.45) is 1.43. The summed E-state index contributed by atoms with van der Waals surface area (Å²) in [7, 11) is 0. The Morgan fingerprint density at radius 3 is 2.63 bits per heavy atom. The van der Waals surface area contributed by atoms with Crippen molar-refractivity contribution in [2.24, 2.45) is 5.10 Å². The van der Waals surface area contributed by atoms with Gasteiger partial charge in [-0.25, -0.2) is 10.2 Å². The van der Waals surface area contributed by atoms with Crippen LogP contribution in [0.15, 0.2) is 41.5 Å². The number of hydrazone groups is 1. The highest BCUT2D eigenvalue weighted by Crippen LogP contribution is 2.28. The van der Waals surface area contributed by atoms with Crippen molar-refractivity contribution < 1.29 is 24.2 Å². The molecule has 0 saturated heterocycles. The number of rotatable bonds is 8. The third-order valence-electron chi connectivity index (χ3n) is 3.37. The molecule has 1 amide bonds. The zero-order chi connectivity index (χ0) is 19.8. The number of nitrogens with one attached hydrogen (secondary N) is 1. The topological polar surface area (TPSA) is 97.2 Å². The molecule has 0 saturated carbocycles. The molecule has 0 atom stereocenters. The molecule has 0 aliphatic heterocycles. The van der Waals surface area contributed by atoms with Gasteiger partial charge in [-0.2, -0.15) is 5.10 Å². The number of carboxylic acids is 1. The molecule has 7 nitrogen and oxygen atoms in total. The summed E-state index contributed by atoms with van der Waals surface area (Å²) in [6.45, 7) is 3.59. The summed E-state index contributed by atoms with van der Waals surface area (Å²) in [5.74, 6) is -0.814. The normalized spacial score (nSPS) is 10.6. The number of carbonyl (C=O) groups is 2. The molecular weight excluding hydrogens is 372 g/mol. The van der Waals surface area contributed by atoms with E-state index in [1.54, 1.807) is 43.3 Å². The van der Waals surface area contributed by atoms with Gasteiger partial charge in [0.2, 0.25) is 0 Å². The average molecular weight is 391 g/mol. The molecule has 0 unspecified atom stereocenters. The van der Waals surface area contributed by atoms with Crippen LogP contribution >= 0.6 is 11.6 Å². The summed E-state index contributed by atoms with van der Waals surface area (Å²) in [4.78, 5) is 22.8. The van der Waals surface area contributed by atoms with Gasteiger partial charge in [-0.15, -0.1) is 0 Å². The van der Waals surface area contributed by atoms with Gasteiger partial charge in [0.1, 0.15) is 0 Å². The van der Waals surface area contributed by atoms with Gasteiger partial charge in [-0.3, -0.25) is 4.79 Å². The second kappa shape index (κ2) is 9.59. The molecule has 27 heavy (non-hydrogen) atoms. The number of carbonyl (C=O) groups excluding carboxylic acids is 1. The van der Waals surface area contributed by atoms with Crippen molar-refractivity contribution in [3.63, 3.8) is 0 Å². The highest BCUT2D eigenvalue weighted by Gasteiger charge is 2.10. The SMILES string of the molecule is CCOc1cc(/C=N\NC(=O)c2ccc(C)cc2Cl)ccc1OCC(=O)O. The largest absolute Gasteiger partial charge is 0.490 e. The summed E-state index contributed by atoms with van der Waals surface area (Å²) < 4.78 is 10.6. The first-order valence-corrected chi connectivity index (χ1v) is 8.49. The zero-order valence-electron chi connectivity index (χ0n) is 14.9. The molecule has 0 heterocycles. The van der Waals surface area contributed by atoms with Crippen LogP contribution in [0.1, 0.15) is 28.4 Å². The van der Waals surface area contributed by atoms with E-state index in [0.717, 1.165) is 5.56 Å². The number of hydrogen-bond acceptors (Lipinski definition) is 5. The monoisotopic (exact) mass is 390 g/mol. The Labute approximate surface area is 161 Å². The van der Waals surface area contributed by atoms with Crippen LogP contribution in [0.5, 0.6) is 11.5 Å². The number of aryl methyl sites for hydroxylation is 1. The van der Waals surface area contributed by atoms with Gasteiger partial charge < -0.3 is 14.6 Å². The molecule has 0 aliphatic rings. The van der Waals surface area contributed by atoms with E-state index in [0.29, 0.717) is 34.3 Å². The van der Waals surface area contributed by atoms with Crippen LogP contribution in [0.2, 0.25) is 5.02 Å². The van der Waals surface area contributed by atoms with Gasteiger partial charge in [0, 0.05) is 0 Å². The molecule has 8 heteroatoms. The van der Waals surface area contributed by atoms with Crippen molar-refractivity contribution in [3.8, 4) is 11.5 Å². The molecule has 0 spiro atoms. The van der Waals surface area contributed by atoms with E-state index in [1.807, 2.05) is 6.92 Å². The Morgan fingerprint density at radius 2 is 1.96 bits per heavy atom. The van der Waals surface area contributed by atoms with Crippen molar-refractivity contribution in [1.82, 2.24) is 5.43 Å². The van der Waals surface area contributed by atoms with Crippen molar-refractivity contribution in [3.05, 3.63) is 58.1 Å². The summed E-state index contributed by atoms with van der Waals surface area (Å²) in [6, 6.07) is 9.99. The van der Waals surface area contributed by atoms with Gasteiger partial charge in [0.05, 0.1) is 23.4 Å². The maximum Gasteiger partial charge on any atom is 0.341 e. The van der Waals surface area contributed by atoms with E-state index in [2.05, 4.69) is 10.5 Å². The zero-order valence-corrected chi connectivity index (χ0v) is 15.6. The minimum absolute atomic E-state index is 0.312. The average Bonchev–Trinajstić information content (AvgIpc) is 2.61. The van der Waals surface area contributed by atoms with Crippen molar-refractivity contribution >= 4 is 29.7 Å². The molecule has 0 radical (unpaired) electrons. The minimum atomic E-state index is -1.08. The Morgan fingerprint density at radius 1 is 1.19 bits per heavy atom. The Balaban J connectivity index is 2.08. The van der Waals surface area contributed by atoms with Gasteiger partial charge in [-0.1, -0.05) is 17.7 Å². The summed E-state index contributed by atoms with van der Waals surface area (Å²) in [5, 5.41) is 13.0. The van der Waals surface area contributed by atoms with E-state index in [-0.39, 0.29) is 0 Å². The standard InChI is InChI=1S/C19H19ClN2O5/c1-3-26-17-9-13(5-7-16(17)27-11-18(23)24)10-21-22-19(25)14-6-4-12(2)8-15(14)20/h4-10H,3,11H2,1-2H3,(H,22,25)(H,23,24)/b21-10-. The molecule has 0 fully saturated rings. The number of nitrogens with zero attached hydrogens (tertiary/aromatic N) is 1. The quantitative estimate of drug-likeness (QED) is 0.532. The first-order valence-electron chi connectivity index (χ1n) is 8.11. The molecule has 2 N–H and O–H groups in total. The fraction of sp³-hybridized carbons (Fsp3) is 0.211. The van der Waals surface area contributed by atoms with E-state index in [9.17, 15) is 9.59 Å². The van der Waals surface area contributed by atoms with Gasteiger partial charge in [-0.05, 0) is 55.3 Å². The maximum absolute atomic E-state index is 12.1. The predicted octanol–water partition coefficient (Wildman–Crippen LogP) is 3.27. The predicted molar refractivity (Wildman–Crippen MR) is 102 cm³/mol. The second-order valence-corrected chi connectivity index (χ2v) is 5.91. The maximum atomic E-state index is 12.1. The number of hydrogen-bond donors (Lipinski definition) is 2. The van der Waals surface area contributed by atoms with Crippen LogP contribution in [0, 0.1) is 6.92 Å². The first-order chi connectivity index (χ1) is 12.9. The van der Waals surface area contributed by atoms with Crippen LogP contribution in [-0.4, -0.2) is 36.4 Å². The molecule has 0 aromatic heterocycles. The molecular formula is C19H19ClN2O5. The lowest BCUT2D eigenvalue weighted by Crippen LogP contribution is -2.18. The summed E-state index contributed by atoms with van der Waals surface area (Å²) in [5.41, 5.74) is 4.32. The Hall–Kier alpha value is -3.06. The highest BCUT2D eigenvalue weighted by molar-refractivity contribution is 6.33. The van der Waals surface area contributed by atoms with Gasteiger partial charge in [0.15, 0.2) is 18.1 Å². The van der Waals surface area contributed by atoms with Crippen LogP contribution in [0.3, 0.4) is 0 Å². The van der Waals surface area contributed by atoms with Crippen LogP contribution in [-0.2, 0) is 4.79 Å².